The minimum absolute atomic E-state index is 0.00821. The van der Waals surface area contributed by atoms with Crippen molar-refractivity contribution in [2.75, 3.05) is 23.2 Å². The number of amides is 2. The van der Waals surface area contributed by atoms with Gasteiger partial charge in [-0.25, -0.2) is 14.4 Å². The van der Waals surface area contributed by atoms with Gasteiger partial charge in [0.15, 0.2) is 18.2 Å². The fourth-order valence-corrected chi connectivity index (χ4v) is 2.75. The minimum atomic E-state index is -0.548. The molecule has 13 heteroatoms. The van der Waals surface area contributed by atoms with Crippen LogP contribution in [0.15, 0.2) is 48.8 Å². The predicted molar refractivity (Wildman–Crippen MR) is 118 cm³/mol. The summed E-state index contributed by atoms with van der Waals surface area (Å²) in [6.07, 6.45) is 1.15. The number of anilines is 3. The van der Waals surface area contributed by atoms with Crippen molar-refractivity contribution in [1.29, 1.82) is 0 Å². The normalized spacial score (nSPS) is 10.2. The molecule has 10 nitrogen and oxygen atoms in total. The number of hydrogen-bond acceptors (Lipinski definition) is 8. The Morgan fingerprint density at radius 3 is 2.31 bits per heavy atom. The Morgan fingerprint density at radius 2 is 1.66 bits per heavy atom. The molecular weight excluding hydrogens is 464 g/mol. The summed E-state index contributed by atoms with van der Waals surface area (Å²) >= 11 is 11.8. The zero-order chi connectivity index (χ0) is 23.1. The first-order valence-corrected chi connectivity index (χ1v) is 9.64. The van der Waals surface area contributed by atoms with Crippen LogP contribution in [0.5, 0.6) is 5.75 Å². The summed E-state index contributed by atoms with van der Waals surface area (Å²) < 4.78 is 18.3. The molecule has 0 aliphatic carbocycles. The molecule has 1 heterocycles. The molecule has 0 bridgehead atoms. The molecule has 6 N–H and O–H groups in total. The van der Waals surface area contributed by atoms with E-state index in [9.17, 15) is 14.0 Å². The van der Waals surface area contributed by atoms with E-state index in [0.717, 1.165) is 18.5 Å². The highest BCUT2D eigenvalue weighted by Crippen LogP contribution is 2.27. The van der Waals surface area contributed by atoms with Crippen LogP contribution in [0.4, 0.5) is 21.7 Å². The standard InChI is InChI=1S/C19H16Cl2FN7O3/c20-11-3-6-14(13(21)7-11)32-8-15(30)26-27-17-16(23)18(25-9-24-17)28-29-19(31)10-1-4-12(22)5-2-10/h1-7,9H,8,23H2,(H,26,30)(H,29,31)(H2,24,25,27,28). The third kappa shape index (κ3) is 6.09. The number of carbonyl (C=O) groups excluding carboxylic acids is 2. The fraction of sp³-hybridized carbons (Fsp3) is 0.0526. The summed E-state index contributed by atoms with van der Waals surface area (Å²) in [5.74, 6) is -1.13. The van der Waals surface area contributed by atoms with Crippen LogP contribution < -0.4 is 32.2 Å². The van der Waals surface area contributed by atoms with E-state index in [2.05, 4.69) is 31.7 Å². The number of aromatic nitrogens is 2. The molecule has 2 amide bonds. The maximum absolute atomic E-state index is 13.0. The number of hydrazine groups is 2. The number of hydrogen-bond donors (Lipinski definition) is 5. The predicted octanol–water partition coefficient (Wildman–Crippen LogP) is 2.78. The largest absolute Gasteiger partial charge is 0.482 e. The molecule has 0 radical (unpaired) electrons. The van der Waals surface area contributed by atoms with Crippen molar-refractivity contribution >= 4 is 52.3 Å². The summed E-state index contributed by atoms with van der Waals surface area (Å²) in [7, 11) is 0. The number of carbonyl (C=O) groups is 2. The quantitative estimate of drug-likeness (QED) is 0.310. The van der Waals surface area contributed by atoms with Crippen molar-refractivity contribution in [3.8, 4) is 5.75 Å². The number of nitrogens with two attached hydrogens (primary N) is 1. The summed E-state index contributed by atoms with van der Waals surface area (Å²) in [6.45, 7) is -0.349. The number of benzene rings is 2. The molecule has 0 atom stereocenters. The van der Waals surface area contributed by atoms with Crippen molar-refractivity contribution < 1.29 is 18.7 Å². The number of nitrogens with zero attached hydrogens (tertiary/aromatic N) is 2. The molecule has 0 unspecified atom stereocenters. The van der Waals surface area contributed by atoms with E-state index in [1.54, 1.807) is 6.07 Å². The van der Waals surface area contributed by atoms with Gasteiger partial charge in [0.1, 0.15) is 23.6 Å². The molecule has 0 saturated heterocycles. The molecule has 0 aliphatic rings. The third-order valence-corrected chi connectivity index (χ3v) is 4.39. The minimum Gasteiger partial charge on any atom is -0.482 e. The van der Waals surface area contributed by atoms with Gasteiger partial charge in [-0.1, -0.05) is 23.2 Å². The maximum Gasteiger partial charge on any atom is 0.276 e. The van der Waals surface area contributed by atoms with Crippen LogP contribution in [0.3, 0.4) is 0 Å². The SMILES string of the molecule is Nc1c(NNC(=O)COc2ccc(Cl)cc2Cl)ncnc1NNC(=O)c1ccc(F)cc1. The lowest BCUT2D eigenvalue weighted by atomic mass is 10.2. The molecule has 0 saturated carbocycles. The Labute approximate surface area is 191 Å². The van der Waals surface area contributed by atoms with Gasteiger partial charge < -0.3 is 10.5 Å². The number of ether oxygens (including phenoxy) is 1. The first-order valence-electron chi connectivity index (χ1n) is 8.88. The van der Waals surface area contributed by atoms with Gasteiger partial charge in [-0.2, -0.15) is 0 Å². The summed E-state index contributed by atoms with van der Waals surface area (Å²) in [4.78, 5) is 31.9. The van der Waals surface area contributed by atoms with E-state index in [1.807, 2.05) is 0 Å². The summed E-state index contributed by atoms with van der Waals surface area (Å²) in [5.41, 5.74) is 16.0. The molecule has 3 aromatic rings. The molecule has 0 fully saturated rings. The lowest BCUT2D eigenvalue weighted by molar-refractivity contribution is -0.122. The lowest BCUT2D eigenvalue weighted by Crippen LogP contribution is -2.35. The van der Waals surface area contributed by atoms with Gasteiger partial charge in [0.05, 0.1) is 5.02 Å². The highest BCUT2D eigenvalue weighted by molar-refractivity contribution is 6.35. The van der Waals surface area contributed by atoms with E-state index < -0.39 is 17.6 Å². The highest BCUT2D eigenvalue weighted by atomic mass is 35.5. The van der Waals surface area contributed by atoms with E-state index in [0.29, 0.717) is 5.02 Å². The molecule has 0 aliphatic heterocycles. The van der Waals surface area contributed by atoms with Crippen LogP contribution in [-0.2, 0) is 4.79 Å². The average Bonchev–Trinajstić information content (AvgIpc) is 2.77. The Bertz CT molecular complexity index is 1130. The van der Waals surface area contributed by atoms with Crippen LogP contribution in [0.1, 0.15) is 10.4 Å². The second-order valence-corrected chi connectivity index (χ2v) is 6.95. The third-order valence-electron chi connectivity index (χ3n) is 3.86. The zero-order valence-electron chi connectivity index (χ0n) is 16.2. The monoisotopic (exact) mass is 479 g/mol. The molecule has 166 valence electrons. The van der Waals surface area contributed by atoms with Crippen LogP contribution in [0.25, 0.3) is 0 Å². The molecule has 1 aromatic heterocycles. The first kappa shape index (κ1) is 22.8. The number of halogens is 3. The second kappa shape index (κ2) is 10.5. The Hall–Kier alpha value is -3.83. The Morgan fingerprint density at radius 1 is 1.00 bits per heavy atom. The molecule has 2 aromatic carbocycles. The van der Waals surface area contributed by atoms with E-state index in [-0.39, 0.29) is 40.3 Å². The van der Waals surface area contributed by atoms with Crippen molar-refractivity contribution in [2.45, 2.75) is 0 Å². The molecule has 0 spiro atoms. The second-order valence-electron chi connectivity index (χ2n) is 6.11. The van der Waals surface area contributed by atoms with Crippen molar-refractivity contribution in [3.05, 3.63) is 70.2 Å². The van der Waals surface area contributed by atoms with Gasteiger partial charge in [0.25, 0.3) is 11.8 Å². The van der Waals surface area contributed by atoms with Crippen LogP contribution >= 0.6 is 23.2 Å². The van der Waals surface area contributed by atoms with Gasteiger partial charge in [-0.3, -0.25) is 31.3 Å². The van der Waals surface area contributed by atoms with E-state index in [4.69, 9.17) is 33.7 Å². The number of nitrogen functional groups attached to an aromatic ring is 1. The highest BCUT2D eigenvalue weighted by Gasteiger charge is 2.12. The van der Waals surface area contributed by atoms with Gasteiger partial charge in [0, 0.05) is 10.6 Å². The average molecular weight is 480 g/mol. The summed E-state index contributed by atoms with van der Waals surface area (Å²) in [6, 6.07) is 9.54. The first-order chi connectivity index (χ1) is 15.3. The van der Waals surface area contributed by atoms with Crippen LogP contribution in [0, 0.1) is 5.82 Å². The topological polar surface area (TPSA) is 143 Å². The van der Waals surface area contributed by atoms with Crippen molar-refractivity contribution in [1.82, 2.24) is 20.8 Å². The fourth-order valence-electron chi connectivity index (χ4n) is 2.28. The number of rotatable bonds is 8. The van der Waals surface area contributed by atoms with Gasteiger partial charge >= 0.3 is 0 Å². The van der Waals surface area contributed by atoms with E-state index in [1.165, 1.54) is 24.3 Å². The van der Waals surface area contributed by atoms with Gasteiger partial charge in [0.2, 0.25) is 0 Å². The lowest BCUT2D eigenvalue weighted by Gasteiger charge is -2.14. The van der Waals surface area contributed by atoms with Crippen molar-refractivity contribution in [3.63, 3.8) is 0 Å². The molecule has 32 heavy (non-hydrogen) atoms. The Kier molecular flexibility index (Phi) is 7.47. The number of nitrogens with one attached hydrogen (secondary N) is 4. The van der Waals surface area contributed by atoms with E-state index >= 15 is 0 Å². The molecular formula is C19H16Cl2FN7O3. The van der Waals surface area contributed by atoms with Crippen LogP contribution in [0.2, 0.25) is 10.0 Å². The zero-order valence-corrected chi connectivity index (χ0v) is 17.7. The Balaban J connectivity index is 1.52. The molecule has 3 rings (SSSR count). The van der Waals surface area contributed by atoms with Gasteiger partial charge in [-0.15, -0.1) is 0 Å². The van der Waals surface area contributed by atoms with Crippen molar-refractivity contribution in [2.24, 2.45) is 0 Å². The van der Waals surface area contributed by atoms with Gasteiger partial charge in [-0.05, 0) is 42.5 Å². The summed E-state index contributed by atoms with van der Waals surface area (Å²) in [5, 5.41) is 0.697. The maximum atomic E-state index is 13.0. The van der Waals surface area contributed by atoms with Crippen LogP contribution in [-0.4, -0.2) is 28.4 Å². The smallest absolute Gasteiger partial charge is 0.276 e.